The molecule has 1 rings (SSSR count). The molecule has 0 radical (unpaired) electrons. The van der Waals surface area contributed by atoms with Gasteiger partial charge in [-0.2, -0.15) is 0 Å². The Balaban J connectivity index is 2.91. The van der Waals surface area contributed by atoms with Crippen molar-refractivity contribution in [3.63, 3.8) is 0 Å². The third-order valence-corrected chi connectivity index (χ3v) is 4.07. The average Bonchev–Trinajstić information content (AvgIpc) is 2.59. The van der Waals surface area contributed by atoms with Gasteiger partial charge in [0.15, 0.2) is 0 Å². The zero-order chi connectivity index (χ0) is 15.1. The number of allylic oxidation sites excluding steroid dienone is 7. The topological polar surface area (TPSA) is 27.7 Å². The summed E-state index contributed by atoms with van der Waals surface area (Å²) in [5.74, 6) is 2.05. The second kappa shape index (κ2) is 8.28. The fourth-order valence-corrected chi connectivity index (χ4v) is 2.61. The lowest BCUT2D eigenvalue weighted by atomic mass is 10.0. The molecule has 4 heteroatoms. The van der Waals surface area contributed by atoms with Crippen molar-refractivity contribution in [1.82, 2.24) is 0 Å². The summed E-state index contributed by atoms with van der Waals surface area (Å²) < 4.78 is 16.9. The van der Waals surface area contributed by atoms with Crippen LogP contribution >= 0.6 is 8.60 Å². The molecular weight excluding hydrogens is 271 g/mol. The number of rotatable bonds is 6. The molecule has 112 valence electrons. The van der Waals surface area contributed by atoms with Crippen molar-refractivity contribution in [2.45, 2.75) is 41.0 Å². The molecule has 1 atom stereocenters. The minimum Gasteiger partial charge on any atom is -0.423 e. The molecule has 0 aromatic heterocycles. The first kappa shape index (κ1) is 17.0. The van der Waals surface area contributed by atoms with E-state index in [1.54, 1.807) is 7.11 Å². The lowest BCUT2D eigenvalue weighted by Gasteiger charge is -2.21. The summed E-state index contributed by atoms with van der Waals surface area (Å²) in [7, 11) is 0.191. The van der Waals surface area contributed by atoms with E-state index in [0.29, 0.717) is 5.92 Å². The van der Waals surface area contributed by atoms with Gasteiger partial charge in [0.1, 0.15) is 5.76 Å². The first-order chi connectivity index (χ1) is 9.47. The number of hydrogen-bond acceptors (Lipinski definition) is 3. The van der Waals surface area contributed by atoms with Gasteiger partial charge in [0, 0.05) is 7.11 Å². The molecule has 0 amide bonds. The van der Waals surface area contributed by atoms with E-state index < -0.39 is 8.60 Å². The summed E-state index contributed by atoms with van der Waals surface area (Å²) in [6.45, 7) is 10.2. The van der Waals surface area contributed by atoms with Crippen molar-refractivity contribution in [2.75, 3.05) is 7.11 Å². The van der Waals surface area contributed by atoms with Gasteiger partial charge in [-0.05, 0) is 50.8 Å². The van der Waals surface area contributed by atoms with Crippen LogP contribution in [0.4, 0.5) is 0 Å². The van der Waals surface area contributed by atoms with E-state index in [1.165, 1.54) is 11.1 Å². The molecule has 0 fully saturated rings. The van der Waals surface area contributed by atoms with Gasteiger partial charge in [-0.25, -0.2) is 0 Å². The Morgan fingerprint density at radius 2 is 2.05 bits per heavy atom. The molecule has 0 saturated heterocycles. The highest BCUT2D eigenvalue weighted by Crippen LogP contribution is 2.46. The van der Waals surface area contributed by atoms with Crippen LogP contribution in [0, 0.1) is 5.92 Å². The second-order valence-corrected chi connectivity index (χ2v) is 6.17. The van der Waals surface area contributed by atoms with Crippen LogP contribution in [0.15, 0.2) is 47.0 Å². The van der Waals surface area contributed by atoms with Gasteiger partial charge in [0.2, 0.25) is 0 Å². The third-order valence-electron chi connectivity index (χ3n) is 2.99. The molecule has 0 N–H and O–H groups in total. The predicted molar refractivity (Wildman–Crippen MR) is 84.9 cm³/mol. The minimum absolute atomic E-state index is 0.400. The zero-order valence-electron chi connectivity index (χ0n) is 13.3. The van der Waals surface area contributed by atoms with E-state index in [0.717, 1.165) is 17.9 Å². The SMILES string of the molecule is C/C=C(\C)OP(OC)OC1=CC(C)=CCC=C1C(C)C. The molecular formula is C16H25O3P. The third kappa shape index (κ3) is 5.15. The lowest BCUT2D eigenvalue weighted by molar-refractivity contribution is 0.252. The van der Waals surface area contributed by atoms with Gasteiger partial charge in [-0.3, -0.25) is 4.52 Å². The normalized spacial score (nSPS) is 17.9. The zero-order valence-corrected chi connectivity index (χ0v) is 14.2. The fourth-order valence-electron chi connectivity index (χ4n) is 1.76. The maximum absolute atomic E-state index is 5.97. The lowest BCUT2D eigenvalue weighted by Crippen LogP contribution is -2.02. The van der Waals surface area contributed by atoms with Gasteiger partial charge < -0.3 is 9.05 Å². The highest BCUT2D eigenvalue weighted by atomic mass is 31.2. The predicted octanol–water partition coefficient (Wildman–Crippen LogP) is 5.63. The smallest absolute Gasteiger partial charge is 0.423 e. The Kier molecular flexibility index (Phi) is 7.04. The van der Waals surface area contributed by atoms with Gasteiger partial charge in [-0.1, -0.05) is 31.6 Å². The number of hydrogen-bond donors (Lipinski definition) is 0. The first-order valence-electron chi connectivity index (χ1n) is 6.89. The summed E-state index contributed by atoms with van der Waals surface area (Å²) in [5.41, 5.74) is 2.39. The minimum atomic E-state index is -1.41. The summed E-state index contributed by atoms with van der Waals surface area (Å²) in [4.78, 5) is 0. The first-order valence-corrected chi connectivity index (χ1v) is 7.99. The highest BCUT2D eigenvalue weighted by Gasteiger charge is 2.21. The summed E-state index contributed by atoms with van der Waals surface area (Å²) >= 11 is 0. The Hall–Kier alpha value is -1.05. The summed E-state index contributed by atoms with van der Waals surface area (Å²) in [6, 6.07) is 0. The van der Waals surface area contributed by atoms with Crippen LogP contribution in [0.5, 0.6) is 0 Å². The quantitative estimate of drug-likeness (QED) is 0.469. The molecule has 0 spiro atoms. The molecule has 1 aliphatic carbocycles. The van der Waals surface area contributed by atoms with Crippen LogP contribution in [-0.4, -0.2) is 7.11 Å². The molecule has 0 aromatic rings. The highest BCUT2D eigenvalue weighted by molar-refractivity contribution is 7.42. The van der Waals surface area contributed by atoms with Crippen LogP contribution in [0.25, 0.3) is 0 Å². The Bertz CT molecular complexity index is 445. The molecule has 0 bridgehead atoms. The average molecular weight is 296 g/mol. The molecule has 3 nitrogen and oxygen atoms in total. The van der Waals surface area contributed by atoms with E-state index in [2.05, 4.69) is 39.0 Å². The molecule has 20 heavy (non-hydrogen) atoms. The van der Waals surface area contributed by atoms with Crippen LogP contribution in [0.2, 0.25) is 0 Å². The van der Waals surface area contributed by atoms with Crippen molar-refractivity contribution in [3.8, 4) is 0 Å². The van der Waals surface area contributed by atoms with E-state index in [-0.39, 0.29) is 0 Å². The fraction of sp³-hybridized carbons (Fsp3) is 0.500. The van der Waals surface area contributed by atoms with Crippen molar-refractivity contribution < 1.29 is 13.6 Å². The molecule has 0 aliphatic heterocycles. The van der Waals surface area contributed by atoms with Gasteiger partial charge in [0.05, 0.1) is 5.76 Å². The van der Waals surface area contributed by atoms with Gasteiger partial charge in [0.25, 0.3) is 0 Å². The molecule has 0 heterocycles. The van der Waals surface area contributed by atoms with Crippen LogP contribution in [0.3, 0.4) is 0 Å². The van der Waals surface area contributed by atoms with E-state index >= 15 is 0 Å². The van der Waals surface area contributed by atoms with Gasteiger partial charge >= 0.3 is 8.60 Å². The maximum atomic E-state index is 5.97. The van der Waals surface area contributed by atoms with E-state index in [4.69, 9.17) is 13.6 Å². The van der Waals surface area contributed by atoms with Crippen molar-refractivity contribution in [3.05, 3.63) is 47.0 Å². The van der Waals surface area contributed by atoms with Crippen molar-refractivity contribution in [2.24, 2.45) is 5.92 Å². The molecule has 0 saturated carbocycles. The molecule has 1 unspecified atom stereocenters. The van der Waals surface area contributed by atoms with Crippen LogP contribution < -0.4 is 0 Å². The summed E-state index contributed by atoms with van der Waals surface area (Å²) in [6.07, 6.45) is 9.28. The Morgan fingerprint density at radius 3 is 2.60 bits per heavy atom. The molecule has 0 aromatic carbocycles. The monoisotopic (exact) mass is 296 g/mol. The van der Waals surface area contributed by atoms with Crippen LogP contribution in [-0.2, 0) is 13.6 Å². The summed E-state index contributed by atoms with van der Waals surface area (Å²) in [5, 5.41) is 0. The Morgan fingerprint density at radius 1 is 1.35 bits per heavy atom. The largest absolute Gasteiger partial charge is 0.462 e. The second-order valence-electron chi connectivity index (χ2n) is 4.99. The standard InChI is InChI=1S/C16H25O3P/c1-7-14(5)18-20(17-6)19-16-11-13(4)9-8-10-15(16)12(2)3/h7,9-12H,8H2,1-6H3/b14-7+. The molecule has 1 aliphatic rings. The maximum Gasteiger partial charge on any atom is 0.462 e. The Labute approximate surface area is 124 Å². The van der Waals surface area contributed by atoms with E-state index in [9.17, 15) is 0 Å². The van der Waals surface area contributed by atoms with Crippen LogP contribution in [0.1, 0.15) is 41.0 Å². The van der Waals surface area contributed by atoms with E-state index in [1.807, 2.05) is 19.9 Å². The van der Waals surface area contributed by atoms with Crippen molar-refractivity contribution >= 4 is 8.60 Å². The van der Waals surface area contributed by atoms with Gasteiger partial charge in [-0.15, -0.1) is 0 Å². The van der Waals surface area contributed by atoms with Crippen molar-refractivity contribution in [1.29, 1.82) is 0 Å².